The molecular weight excluding hydrogens is 700 g/mol. The number of ether oxygens (including phenoxy) is 6. The highest BCUT2D eigenvalue weighted by Crippen LogP contribution is 2.38. The Bertz CT molecular complexity index is 1770. The van der Waals surface area contributed by atoms with Crippen LogP contribution in [-0.4, -0.2) is 155 Å². The van der Waals surface area contributed by atoms with Crippen LogP contribution in [0.5, 0.6) is 23.0 Å². The third-order valence-electron chi connectivity index (χ3n) is 9.25. The third kappa shape index (κ3) is 7.16. The smallest absolute Gasteiger partial charge is 0.239 e. The third-order valence-corrected chi connectivity index (χ3v) is 9.25. The lowest BCUT2D eigenvalue weighted by Gasteiger charge is -2.46. The van der Waals surface area contributed by atoms with E-state index in [1.54, 1.807) is 0 Å². The molecule has 0 amide bonds. The van der Waals surface area contributed by atoms with Crippen molar-refractivity contribution in [3.63, 3.8) is 0 Å². The zero-order chi connectivity index (χ0) is 37.8. The minimum atomic E-state index is -1.97. The second-order valence-corrected chi connectivity index (χ2v) is 12.9. The van der Waals surface area contributed by atoms with Gasteiger partial charge in [0.2, 0.25) is 17.5 Å². The number of rotatable bonds is 8. The SMILES string of the molecule is C[C@@H]1O[C@@H](O[C@@H]2[C@H](O)[C@H](O)[C@H](OC[C@@H]3O[C@@H](Oc4c(-c5ccc(O)cc5)oc5cc(O)cc(O)c5c4=O)[C@@H](O)[C@H](O)[C@H]3O)O[C@H]2C)[C@H](O)[C@@H](O)[C@H]1O. The lowest BCUT2D eigenvalue weighted by molar-refractivity contribution is -0.357. The summed E-state index contributed by atoms with van der Waals surface area (Å²) in [4.78, 5) is 13.7. The van der Waals surface area contributed by atoms with Crippen LogP contribution in [0.3, 0.4) is 0 Å². The van der Waals surface area contributed by atoms with Crippen molar-refractivity contribution in [3.8, 4) is 34.3 Å². The monoisotopic (exact) mass is 740 g/mol. The second-order valence-electron chi connectivity index (χ2n) is 12.9. The Morgan fingerprint density at radius 1 is 0.654 bits per heavy atom. The van der Waals surface area contributed by atoms with Crippen molar-refractivity contribution < 1.29 is 89.0 Å². The van der Waals surface area contributed by atoms with Gasteiger partial charge in [0.15, 0.2) is 18.3 Å². The Balaban J connectivity index is 1.19. The quantitative estimate of drug-likeness (QED) is 0.113. The van der Waals surface area contributed by atoms with Crippen LogP contribution in [0, 0.1) is 0 Å². The average molecular weight is 741 g/mol. The predicted molar refractivity (Wildman–Crippen MR) is 170 cm³/mol. The van der Waals surface area contributed by atoms with Gasteiger partial charge in [-0.1, -0.05) is 0 Å². The van der Waals surface area contributed by atoms with Crippen LogP contribution in [0.1, 0.15) is 13.8 Å². The van der Waals surface area contributed by atoms with E-state index in [2.05, 4.69) is 0 Å². The molecule has 3 aliphatic heterocycles. The number of aliphatic hydroxyl groups is 8. The van der Waals surface area contributed by atoms with Crippen LogP contribution in [-0.2, 0) is 23.7 Å². The first-order chi connectivity index (χ1) is 24.6. The fourth-order valence-electron chi connectivity index (χ4n) is 6.25. The van der Waals surface area contributed by atoms with Gasteiger partial charge >= 0.3 is 0 Å². The van der Waals surface area contributed by atoms with E-state index < -0.39 is 127 Å². The minimum absolute atomic E-state index is 0.125. The Morgan fingerprint density at radius 3 is 1.96 bits per heavy atom. The molecule has 1 aromatic heterocycles. The van der Waals surface area contributed by atoms with Gasteiger partial charge in [-0.05, 0) is 38.1 Å². The van der Waals surface area contributed by atoms with Gasteiger partial charge in [0, 0.05) is 17.7 Å². The summed E-state index contributed by atoms with van der Waals surface area (Å²) in [6.07, 6.45) is -23.8. The number of phenols is 3. The summed E-state index contributed by atoms with van der Waals surface area (Å²) in [6, 6.07) is 7.24. The highest BCUT2D eigenvalue weighted by molar-refractivity contribution is 5.88. The van der Waals surface area contributed by atoms with Gasteiger partial charge in [0.1, 0.15) is 89.3 Å². The Labute approximate surface area is 293 Å². The second kappa shape index (κ2) is 15.0. The number of phenolic OH excluding ortho intramolecular Hbond substituents is 3. The molecule has 52 heavy (non-hydrogen) atoms. The van der Waals surface area contributed by atoms with Crippen molar-refractivity contribution in [1.82, 2.24) is 0 Å². The van der Waals surface area contributed by atoms with E-state index in [0.29, 0.717) is 0 Å². The highest BCUT2D eigenvalue weighted by atomic mass is 16.7. The first kappa shape index (κ1) is 38.1. The molecule has 2 aromatic carbocycles. The van der Waals surface area contributed by atoms with Crippen LogP contribution in [0.15, 0.2) is 45.6 Å². The van der Waals surface area contributed by atoms with E-state index in [-0.39, 0.29) is 22.7 Å². The first-order valence-electron chi connectivity index (χ1n) is 16.2. The minimum Gasteiger partial charge on any atom is -0.508 e. The van der Waals surface area contributed by atoms with Crippen molar-refractivity contribution in [1.29, 1.82) is 0 Å². The van der Waals surface area contributed by atoms with E-state index in [9.17, 15) is 61.0 Å². The van der Waals surface area contributed by atoms with Crippen molar-refractivity contribution in [2.45, 2.75) is 106 Å². The topological polar surface area (TPSA) is 308 Å². The van der Waals surface area contributed by atoms with E-state index in [1.807, 2.05) is 0 Å². The average Bonchev–Trinajstić information content (AvgIpc) is 3.10. The summed E-state index contributed by atoms with van der Waals surface area (Å²) in [7, 11) is 0. The lowest BCUT2D eigenvalue weighted by Crippen LogP contribution is -2.63. The Kier molecular flexibility index (Phi) is 11.0. The maximum Gasteiger partial charge on any atom is 0.239 e. The molecule has 3 saturated heterocycles. The van der Waals surface area contributed by atoms with Gasteiger partial charge in [0.25, 0.3) is 0 Å². The van der Waals surface area contributed by atoms with E-state index >= 15 is 0 Å². The van der Waals surface area contributed by atoms with Crippen LogP contribution >= 0.6 is 0 Å². The van der Waals surface area contributed by atoms with Crippen LogP contribution in [0.4, 0.5) is 0 Å². The van der Waals surface area contributed by atoms with E-state index in [1.165, 1.54) is 38.1 Å². The summed E-state index contributed by atoms with van der Waals surface area (Å²) in [6.45, 7) is 2.22. The van der Waals surface area contributed by atoms with Crippen LogP contribution < -0.4 is 10.2 Å². The zero-order valence-corrected chi connectivity index (χ0v) is 27.5. The molecule has 0 aliphatic carbocycles. The van der Waals surface area contributed by atoms with Gasteiger partial charge in [-0.3, -0.25) is 4.79 Å². The van der Waals surface area contributed by atoms with Gasteiger partial charge in [-0.2, -0.15) is 0 Å². The molecule has 19 nitrogen and oxygen atoms in total. The van der Waals surface area contributed by atoms with Gasteiger partial charge < -0.3 is 89.0 Å². The largest absolute Gasteiger partial charge is 0.508 e. The van der Waals surface area contributed by atoms with Gasteiger partial charge in [-0.25, -0.2) is 0 Å². The maximum atomic E-state index is 13.7. The number of benzene rings is 2. The molecule has 19 heteroatoms. The molecule has 11 N–H and O–H groups in total. The fourth-order valence-corrected chi connectivity index (χ4v) is 6.25. The van der Waals surface area contributed by atoms with E-state index in [0.717, 1.165) is 12.1 Å². The molecule has 0 saturated carbocycles. The van der Waals surface area contributed by atoms with Crippen LogP contribution in [0.25, 0.3) is 22.3 Å². The van der Waals surface area contributed by atoms with Crippen molar-refractivity contribution in [2.24, 2.45) is 0 Å². The molecule has 4 heterocycles. The molecule has 3 aliphatic rings. The van der Waals surface area contributed by atoms with E-state index in [4.69, 9.17) is 32.8 Å². The molecule has 3 fully saturated rings. The number of aliphatic hydroxyl groups excluding tert-OH is 8. The maximum absolute atomic E-state index is 13.7. The summed E-state index contributed by atoms with van der Waals surface area (Å²) in [5, 5.41) is 114. The summed E-state index contributed by atoms with van der Waals surface area (Å²) < 4.78 is 39.6. The Morgan fingerprint density at radius 2 is 1.27 bits per heavy atom. The van der Waals surface area contributed by atoms with Gasteiger partial charge in [0.05, 0.1) is 18.8 Å². The molecule has 6 rings (SSSR count). The number of hydrogen-bond donors (Lipinski definition) is 11. The summed E-state index contributed by atoms with van der Waals surface area (Å²) in [5.74, 6) is -2.12. The number of aromatic hydroxyl groups is 3. The summed E-state index contributed by atoms with van der Waals surface area (Å²) in [5.41, 5.74) is -1.05. The van der Waals surface area contributed by atoms with Gasteiger partial charge in [-0.15, -0.1) is 0 Å². The molecule has 286 valence electrons. The normalized spacial score (nSPS) is 38.3. The Hall–Kier alpha value is -3.67. The molecule has 3 aromatic rings. The standard InChI is InChI=1S/C33H40O19/c1-10-19(37)22(40)25(43)32(47-10)51-28-11(2)48-31(27(45)24(28)42)46-9-17-20(38)23(41)26(44)33(50-17)52-30-21(39)18-15(36)7-14(35)8-16(18)49-29(30)12-3-5-13(34)6-4-12/h3-8,10-11,17,19-20,22-28,31-38,40-45H,9H2,1-2H3/t10-,11-,17-,19-,20-,22-,23+,24+,25+,26-,27-,28-,31+,32-,33-/m0/s1. The molecule has 0 radical (unpaired) electrons. The molecular formula is C33H40O19. The predicted octanol–water partition coefficient (Wildman–Crippen LogP) is -2.54. The van der Waals surface area contributed by atoms with Crippen LogP contribution in [0.2, 0.25) is 0 Å². The number of fused-ring (bicyclic) bond motifs is 1. The fraction of sp³-hybridized carbons (Fsp3) is 0.545. The molecule has 0 unspecified atom stereocenters. The molecule has 0 bridgehead atoms. The first-order valence-corrected chi connectivity index (χ1v) is 16.2. The molecule has 15 atom stereocenters. The zero-order valence-electron chi connectivity index (χ0n) is 27.5. The number of hydrogen-bond acceptors (Lipinski definition) is 19. The summed E-state index contributed by atoms with van der Waals surface area (Å²) >= 11 is 0. The lowest BCUT2D eigenvalue weighted by atomic mass is 9.97. The molecule has 0 spiro atoms. The highest BCUT2D eigenvalue weighted by Gasteiger charge is 2.51. The van der Waals surface area contributed by atoms with Crippen molar-refractivity contribution in [3.05, 3.63) is 46.6 Å². The van der Waals surface area contributed by atoms with Crippen molar-refractivity contribution in [2.75, 3.05) is 6.61 Å². The van der Waals surface area contributed by atoms with Crippen molar-refractivity contribution >= 4 is 11.0 Å².